The van der Waals surface area contributed by atoms with Crippen molar-refractivity contribution >= 4 is 56.5 Å². The minimum Gasteiger partial charge on any atom is -0.493 e. The Kier molecular flexibility index (Phi) is 6.99. The Morgan fingerprint density at radius 3 is 2.60 bits per heavy atom. The Hall–Kier alpha value is -2.58. The van der Waals surface area contributed by atoms with Crippen LogP contribution >= 0.6 is 27.7 Å². The van der Waals surface area contributed by atoms with E-state index in [1.807, 2.05) is 39.0 Å². The molecule has 1 aliphatic heterocycles. The van der Waals surface area contributed by atoms with Crippen molar-refractivity contribution in [3.8, 4) is 5.75 Å². The molecule has 30 heavy (non-hydrogen) atoms. The zero-order chi connectivity index (χ0) is 21.8. The molecule has 1 aliphatic rings. The minimum atomic E-state index is -0.481. The standard InChI is InChI=1S/C22H21BrN2O4S/c1-4-29-18-8-6-15(10-17(18)23)11-19-21(27)25(22(28)30-19)12-20(26)24-16-7-5-13(2)14(3)9-16/h5-11H,4,12H2,1-3H3,(H,24,26)/b19-11+. The van der Waals surface area contributed by atoms with Gasteiger partial charge in [-0.15, -0.1) is 0 Å². The Labute approximate surface area is 187 Å². The number of imide groups is 1. The molecule has 8 heteroatoms. The zero-order valence-electron chi connectivity index (χ0n) is 16.8. The summed E-state index contributed by atoms with van der Waals surface area (Å²) in [5.74, 6) is -0.207. The van der Waals surface area contributed by atoms with Crippen molar-refractivity contribution in [1.29, 1.82) is 0 Å². The number of ether oxygens (including phenoxy) is 1. The second kappa shape index (κ2) is 9.49. The van der Waals surface area contributed by atoms with Crippen LogP contribution in [-0.2, 0) is 9.59 Å². The highest BCUT2D eigenvalue weighted by atomic mass is 79.9. The van der Waals surface area contributed by atoms with Crippen molar-refractivity contribution < 1.29 is 19.1 Å². The molecule has 1 N–H and O–H groups in total. The maximum absolute atomic E-state index is 12.7. The number of amides is 3. The van der Waals surface area contributed by atoms with E-state index in [1.165, 1.54) is 0 Å². The van der Waals surface area contributed by atoms with E-state index < -0.39 is 17.1 Å². The van der Waals surface area contributed by atoms with Gasteiger partial charge in [0.25, 0.3) is 11.1 Å². The molecule has 0 aromatic heterocycles. The van der Waals surface area contributed by atoms with Gasteiger partial charge >= 0.3 is 0 Å². The number of carbonyl (C=O) groups is 3. The van der Waals surface area contributed by atoms with E-state index in [0.29, 0.717) is 18.0 Å². The third-order valence-electron chi connectivity index (χ3n) is 4.52. The van der Waals surface area contributed by atoms with Crippen LogP contribution in [0.25, 0.3) is 6.08 Å². The first-order chi connectivity index (χ1) is 14.3. The smallest absolute Gasteiger partial charge is 0.294 e. The summed E-state index contributed by atoms with van der Waals surface area (Å²) in [6.07, 6.45) is 1.63. The summed E-state index contributed by atoms with van der Waals surface area (Å²) in [6.45, 7) is 6.04. The number of rotatable bonds is 6. The summed E-state index contributed by atoms with van der Waals surface area (Å²) in [5, 5.41) is 2.27. The topological polar surface area (TPSA) is 75.7 Å². The van der Waals surface area contributed by atoms with E-state index in [1.54, 1.807) is 24.3 Å². The van der Waals surface area contributed by atoms with Crippen LogP contribution in [0.3, 0.4) is 0 Å². The fourth-order valence-corrected chi connectivity index (χ4v) is 4.18. The lowest BCUT2D eigenvalue weighted by atomic mass is 10.1. The number of benzene rings is 2. The molecule has 1 fully saturated rings. The van der Waals surface area contributed by atoms with Crippen molar-refractivity contribution in [2.45, 2.75) is 20.8 Å². The summed E-state index contributed by atoms with van der Waals surface area (Å²) in [6, 6.07) is 11.0. The van der Waals surface area contributed by atoms with Crippen molar-refractivity contribution in [3.63, 3.8) is 0 Å². The third-order valence-corrected chi connectivity index (χ3v) is 6.05. The average molecular weight is 489 g/mol. The molecule has 2 aromatic rings. The highest BCUT2D eigenvalue weighted by molar-refractivity contribution is 9.10. The number of aryl methyl sites for hydroxylation is 2. The number of nitrogens with zero attached hydrogens (tertiary/aromatic N) is 1. The van der Waals surface area contributed by atoms with Crippen LogP contribution in [0.4, 0.5) is 10.5 Å². The molecule has 3 rings (SSSR count). The van der Waals surface area contributed by atoms with Crippen LogP contribution < -0.4 is 10.1 Å². The van der Waals surface area contributed by atoms with Crippen molar-refractivity contribution in [2.75, 3.05) is 18.5 Å². The number of hydrogen-bond donors (Lipinski definition) is 1. The first kappa shape index (κ1) is 22.1. The summed E-state index contributed by atoms with van der Waals surface area (Å²) >= 11 is 4.26. The molecule has 156 valence electrons. The molecule has 0 saturated carbocycles. The molecular formula is C22H21BrN2O4S. The molecule has 2 aromatic carbocycles. The predicted octanol–water partition coefficient (Wildman–Crippen LogP) is 5.14. The number of carbonyl (C=O) groups excluding carboxylic acids is 3. The highest BCUT2D eigenvalue weighted by Gasteiger charge is 2.36. The van der Waals surface area contributed by atoms with E-state index >= 15 is 0 Å². The number of anilines is 1. The van der Waals surface area contributed by atoms with Crippen molar-refractivity contribution in [1.82, 2.24) is 4.90 Å². The molecule has 1 saturated heterocycles. The quantitative estimate of drug-likeness (QED) is 0.569. The maximum Gasteiger partial charge on any atom is 0.294 e. The second-order valence-electron chi connectivity index (χ2n) is 6.74. The highest BCUT2D eigenvalue weighted by Crippen LogP contribution is 2.33. The molecule has 0 atom stereocenters. The van der Waals surface area contributed by atoms with Crippen LogP contribution in [-0.4, -0.2) is 35.1 Å². The summed E-state index contributed by atoms with van der Waals surface area (Å²) in [5.41, 5.74) is 3.54. The third kappa shape index (κ3) is 5.12. The minimum absolute atomic E-state index is 0.273. The fourth-order valence-electron chi connectivity index (χ4n) is 2.83. The Balaban J connectivity index is 1.69. The van der Waals surface area contributed by atoms with Crippen LogP contribution in [0.15, 0.2) is 45.8 Å². The molecule has 6 nitrogen and oxygen atoms in total. The van der Waals surface area contributed by atoms with Gasteiger partial charge in [-0.05, 0) is 95.5 Å². The van der Waals surface area contributed by atoms with Crippen molar-refractivity contribution in [3.05, 3.63) is 62.5 Å². The van der Waals surface area contributed by atoms with Gasteiger partial charge in [0.2, 0.25) is 5.91 Å². The van der Waals surface area contributed by atoms with E-state index in [-0.39, 0.29) is 11.4 Å². The van der Waals surface area contributed by atoms with Crippen LogP contribution in [0, 0.1) is 13.8 Å². The molecule has 0 unspecified atom stereocenters. The van der Waals surface area contributed by atoms with Gasteiger partial charge in [0.1, 0.15) is 12.3 Å². The average Bonchev–Trinajstić information content (AvgIpc) is 2.94. The summed E-state index contributed by atoms with van der Waals surface area (Å²) in [7, 11) is 0. The summed E-state index contributed by atoms with van der Waals surface area (Å²) in [4.78, 5) is 38.5. The van der Waals surface area contributed by atoms with E-state index in [4.69, 9.17) is 4.74 Å². The molecule has 1 heterocycles. The normalized spacial score (nSPS) is 15.1. The maximum atomic E-state index is 12.7. The van der Waals surface area contributed by atoms with Gasteiger partial charge in [0.05, 0.1) is 16.0 Å². The van der Waals surface area contributed by atoms with Crippen LogP contribution in [0.1, 0.15) is 23.6 Å². The Morgan fingerprint density at radius 2 is 1.93 bits per heavy atom. The van der Waals surface area contributed by atoms with E-state index in [0.717, 1.165) is 37.8 Å². The van der Waals surface area contributed by atoms with Gasteiger partial charge in [-0.25, -0.2) is 0 Å². The second-order valence-corrected chi connectivity index (χ2v) is 8.59. The van der Waals surface area contributed by atoms with Crippen molar-refractivity contribution in [2.24, 2.45) is 0 Å². The molecule has 0 aliphatic carbocycles. The molecule has 3 amide bonds. The molecule has 0 radical (unpaired) electrons. The lowest BCUT2D eigenvalue weighted by Gasteiger charge is -2.13. The largest absolute Gasteiger partial charge is 0.493 e. The van der Waals surface area contributed by atoms with Gasteiger partial charge in [-0.3, -0.25) is 19.3 Å². The number of hydrogen-bond acceptors (Lipinski definition) is 5. The van der Waals surface area contributed by atoms with Crippen LogP contribution in [0.5, 0.6) is 5.75 Å². The van der Waals surface area contributed by atoms with Gasteiger partial charge in [0, 0.05) is 5.69 Å². The van der Waals surface area contributed by atoms with E-state index in [2.05, 4.69) is 21.2 Å². The first-order valence-electron chi connectivity index (χ1n) is 9.33. The summed E-state index contributed by atoms with van der Waals surface area (Å²) < 4.78 is 6.23. The number of halogens is 1. The fraction of sp³-hybridized carbons (Fsp3) is 0.227. The van der Waals surface area contributed by atoms with Gasteiger partial charge in [-0.1, -0.05) is 12.1 Å². The van der Waals surface area contributed by atoms with Gasteiger partial charge in [0.15, 0.2) is 0 Å². The SMILES string of the molecule is CCOc1ccc(/C=C2/SC(=O)N(CC(=O)Nc3ccc(C)c(C)c3)C2=O)cc1Br. The molecule has 0 bridgehead atoms. The zero-order valence-corrected chi connectivity index (χ0v) is 19.2. The predicted molar refractivity (Wildman–Crippen MR) is 123 cm³/mol. The Bertz CT molecular complexity index is 1050. The van der Waals surface area contributed by atoms with Gasteiger partial charge < -0.3 is 10.1 Å². The van der Waals surface area contributed by atoms with E-state index in [9.17, 15) is 14.4 Å². The molecule has 0 spiro atoms. The number of thioether (sulfide) groups is 1. The van der Waals surface area contributed by atoms with Crippen LogP contribution in [0.2, 0.25) is 0 Å². The first-order valence-corrected chi connectivity index (χ1v) is 10.9. The lowest BCUT2D eigenvalue weighted by molar-refractivity contribution is -0.127. The lowest BCUT2D eigenvalue weighted by Crippen LogP contribution is -2.36. The number of nitrogens with one attached hydrogen (secondary N) is 1. The molecular weight excluding hydrogens is 468 g/mol. The van der Waals surface area contributed by atoms with Gasteiger partial charge in [-0.2, -0.15) is 0 Å². The monoisotopic (exact) mass is 488 g/mol. The Morgan fingerprint density at radius 1 is 1.17 bits per heavy atom.